The van der Waals surface area contributed by atoms with E-state index in [1.165, 1.54) is 23.5 Å². The number of aromatic nitrogens is 1. The zero-order valence-corrected chi connectivity index (χ0v) is 18.9. The summed E-state index contributed by atoms with van der Waals surface area (Å²) < 4.78 is 29.8. The summed E-state index contributed by atoms with van der Waals surface area (Å²) in [5.74, 6) is -0.451. The van der Waals surface area contributed by atoms with E-state index >= 15 is 0 Å². The van der Waals surface area contributed by atoms with Crippen LogP contribution in [-0.4, -0.2) is 19.3 Å². The van der Waals surface area contributed by atoms with Gasteiger partial charge < -0.3 is 0 Å². The predicted molar refractivity (Wildman–Crippen MR) is 124 cm³/mol. The van der Waals surface area contributed by atoms with Crippen molar-refractivity contribution >= 4 is 64.2 Å². The maximum absolute atomic E-state index is 12.9. The number of benzene rings is 3. The molecule has 4 aromatic rings. The smallest absolute Gasteiger partial charge is 0.261 e. The second-order valence-electron chi connectivity index (χ2n) is 6.52. The number of fused-ring (bicyclic) bond motifs is 1. The molecule has 0 unspecified atom stereocenters. The second-order valence-corrected chi connectivity index (χ2v) is 10.1. The summed E-state index contributed by atoms with van der Waals surface area (Å²) in [4.78, 5) is 17.4. The third-order valence-corrected chi connectivity index (χ3v) is 7.29. The Morgan fingerprint density at radius 3 is 2.47 bits per heavy atom. The summed E-state index contributed by atoms with van der Waals surface area (Å²) in [6.07, 6.45) is 0. The lowest BCUT2D eigenvalue weighted by Crippen LogP contribution is -2.18. The number of amides is 1. The van der Waals surface area contributed by atoms with E-state index in [4.69, 9.17) is 0 Å². The normalized spacial score (nSPS) is 11.4. The van der Waals surface area contributed by atoms with E-state index in [-0.39, 0.29) is 16.1 Å². The molecule has 0 saturated carbocycles. The van der Waals surface area contributed by atoms with E-state index in [1.807, 2.05) is 25.1 Å². The minimum Gasteiger partial charge on any atom is -0.298 e. The van der Waals surface area contributed by atoms with Crippen LogP contribution in [0.4, 0.5) is 10.8 Å². The highest BCUT2D eigenvalue weighted by Gasteiger charge is 2.19. The Labute approximate surface area is 186 Å². The van der Waals surface area contributed by atoms with Crippen molar-refractivity contribution in [3.8, 4) is 0 Å². The van der Waals surface area contributed by atoms with E-state index in [2.05, 4.69) is 31.0 Å². The third-order valence-electron chi connectivity index (χ3n) is 4.34. The van der Waals surface area contributed by atoms with Crippen molar-refractivity contribution in [1.29, 1.82) is 0 Å². The van der Waals surface area contributed by atoms with Crippen LogP contribution < -0.4 is 10.0 Å². The van der Waals surface area contributed by atoms with E-state index in [0.717, 1.165) is 20.3 Å². The highest BCUT2D eigenvalue weighted by molar-refractivity contribution is 9.10. The van der Waals surface area contributed by atoms with Crippen molar-refractivity contribution < 1.29 is 13.2 Å². The zero-order valence-electron chi connectivity index (χ0n) is 15.7. The van der Waals surface area contributed by atoms with Crippen LogP contribution in [-0.2, 0) is 10.0 Å². The summed E-state index contributed by atoms with van der Waals surface area (Å²) in [6, 6.07) is 18.6. The number of rotatable bonds is 5. The highest BCUT2D eigenvalue weighted by atomic mass is 79.9. The molecule has 1 amide bonds. The first-order valence-electron chi connectivity index (χ1n) is 8.88. The molecule has 1 heterocycles. The molecule has 0 atom stereocenters. The van der Waals surface area contributed by atoms with Crippen molar-refractivity contribution in [2.75, 3.05) is 10.0 Å². The second kappa shape index (κ2) is 8.17. The molecule has 0 radical (unpaired) electrons. The van der Waals surface area contributed by atoms with E-state index in [0.29, 0.717) is 5.13 Å². The van der Waals surface area contributed by atoms with E-state index in [9.17, 15) is 13.2 Å². The lowest BCUT2D eigenvalue weighted by atomic mass is 10.2. The molecule has 0 aliphatic carbocycles. The number of hydrogen-bond acceptors (Lipinski definition) is 5. The van der Waals surface area contributed by atoms with Gasteiger partial charge in [-0.2, -0.15) is 0 Å². The number of nitrogens with one attached hydrogen (secondary N) is 2. The van der Waals surface area contributed by atoms with Crippen LogP contribution in [0.25, 0.3) is 10.2 Å². The zero-order chi connectivity index (χ0) is 21.3. The Balaban J connectivity index is 1.61. The maximum atomic E-state index is 12.9. The number of para-hydroxylation sites is 2. The maximum Gasteiger partial charge on any atom is 0.261 e. The monoisotopic (exact) mass is 501 g/mol. The Bertz CT molecular complexity index is 1350. The Hall–Kier alpha value is -2.75. The van der Waals surface area contributed by atoms with Gasteiger partial charge in [-0.3, -0.25) is 14.8 Å². The van der Waals surface area contributed by atoms with Crippen LogP contribution in [0.1, 0.15) is 15.9 Å². The molecule has 3 aromatic carbocycles. The molecule has 0 aliphatic rings. The minimum atomic E-state index is -3.83. The molecule has 0 spiro atoms. The molecule has 0 fully saturated rings. The van der Waals surface area contributed by atoms with Crippen molar-refractivity contribution in [2.24, 2.45) is 0 Å². The van der Waals surface area contributed by atoms with Crippen molar-refractivity contribution in [3.63, 3.8) is 0 Å². The fraction of sp³-hybridized carbons (Fsp3) is 0.0476. The number of halogens is 1. The third kappa shape index (κ3) is 4.23. The van der Waals surface area contributed by atoms with Crippen LogP contribution in [0.2, 0.25) is 0 Å². The number of carbonyl (C=O) groups excluding carboxylic acids is 1. The van der Waals surface area contributed by atoms with E-state index < -0.39 is 15.9 Å². The molecule has 0 saturated heterocycles. The molecule has 1 aromatic heterocycles. The molecule has 4 rings (SSSR count). The SMILES string of the molecule is Cc1ccc(S(=O)(=O)Nc2ccccc2C(=O)Nc2nc3c(Br)cccc3s2)cc1. The van der Waals surface area contributed by atoms with Crippen LogP contribution in [0.3, 0.4) is 0 Å². The fourth-order valence-corrected chi connectivity index (χ4v) is 5.38. The molecule has 6 nitrogen and oxygen atoms in total. The molecule has 152 valence electrons. The molecular formula is C21H16BrN3O3S2. The Morgan fingerprint density at radius 2 is 1.73 bits per heavy atom. The molecule has 9 heteroatoms. The lowest BCUT2D eigenvalue weighted by Gasteiger charge is -2.12. The first-order valence-corrected chi connectivity index (χ1v) is 12.0. The number of carbonyl (C=O) groups is 1. The summed E-state index contributed by atoms with van der Waals surface area (Å²) in [7, 11) is -3.83. The molecule has 0 aliphatic heterocycles. The van der Waals surface area contributed by atoms with Gasteiger partial charge in [0, 0.05) is 4.47 Å². The van der Waals surface area contributed by atoms with Gasteiger partial charge in [0.25, 0.3) is 15.9 Å². The van der Waals surface area contributed by atoms with Crippen LogP contribution in [0, 0.1) is 6.92 Å². The van der Waals surface area contributed by atoms with Gasteiger partial charge in [0.2, 0.25) is 0 Å². The highest BCUT2D eigenvalue weighted by Crippen LogP contribution is 2.31. The topological polar surface area (TPSA) is 88.2 Å². The summed E-state index contributed by atoms with van der Waals surface area (Å²) in [6.45, 7) is 1.88. The molecule has 0 bridgehead atoms. The van der Waals surface area contributed by atoms with Crippen LogP contribution in [0.15, 0.2) is 76.1 Å². The average Bonchev–Trinajstić information content (AvgIpc) is 3.12. The molecule has 2 N–H and O–H groups in total. The summed E-state index contributed by atoms with van der Waals surface area (Å²) in [5.41, 5.74) is 2.10. The number of thiazole rings is 1. The van der Waals surface area contributed by atoms with Gasteiger partial charge >= 0.3 is 0 Å². The van der Waals surface area contributed by atoms with Gasteiger partial charge in [-0.15, -0.1) is 0 Å². The Kier molecular flexibility index (Phi) is 5.59. The predicted octanol–water partition coefficient (Wildman–Crippen LogP) is 5.42. The molecule has 30 heavy (non-hydrogen) atoms. The molecular weight excluding hydrogens is 486 g/mol. The largest absolute Gasteiger partial charge is 0.298 e. The van der Waals surface area contributed by atoms with Crippen molar-refractivity contribution in [1.82, 2.24) is 4.98 Å². The first kappa shape index (κ1) is 20.5. The minimum absolute atomic E-state index is 0.124. The van der Waals surface area contributed by atoms with Gasteiger partial charge in [-0.1, -0.05) is 47.2 Å². The van der Waals surface area contributed by atoms with Gasteiger partial charge in [0.05, 0.1) is 26.4 Å². The van der Waals surface area contributed by atoms with Crippen LogP contribution >= 0.6 is 27.3 Å². The Morgan fingerprint density at radius 1 is 1.00 bits per heavy atom. The van der Waals surface area contributed by atoms with Crippen molar-refractivity contribution in [3.05, 3.63) is 82.3 Å². The number of sulfonamides is 1. The number of anilines is 2. The van der Waals surface area contributed by atoms with E-state index in [1.54, 1.807) is 36.4 Å². The van der Waals surface area contributed by atoms with Crippen molar-refractivity contribution in [2.45, 2.75) is 11.8 Å². The number of nitrogens with zero attached hydrogens (tertiary/aromatic N) is 1. The lowest BCUT2D eigenvalue weighted by molar-refractivity contribution is 0.102. The van der Waals surface area contributed by atoms with Gasteiger partial charge in [-0.25, -0.2) is 13.4 Å². The fourth-order valence-electron chi connectivity index (χ4n) is 2.82. The number of hydrogen-bond donors (Lipinski definition) is 2. The quantitative estimate of drug-likeness (QED) is 0.382. The first-order chi connectivity index (χ1) is 14.3. The van der Waals surface area contributed by atoms with Crippen LogP contribution in [0.5, 0.6) is 0 Å². The average molecular weight is 502 g/mol. The standard InChI is InChI=1S/C21H16BrN3O3S2/c1-13-9-11-14(12-10-13)30(27,28)25-17-7-3-2-5-15(17)20(26)24-21-23-19-16(22)6-4-8-18(19)29-21/h2-12,25H,1H3,(H,23,24,26). The summed E-state index contributed by atoms with van der Waals surface area (Å²) >= 11 is 4.79. The van der Waals surface area contributed by atoms with Gasteiger partial charge in [0.1, 0.15) is 0 Å². The van der Waals surface area contributed by atoms with Gasteiger partial charge in [-0.05, 0) is 59.3 Å². The summed E-state index contributed by atoms with van der Waals surface area (Å²) in [5, 5.41) is 3.19. The number of aryl methyl sites for hydroxylation is 1. The van der Waals surface area contributed by atoms with Gasteiger partial charge in [0.15, 0.2) is 5.13 Å².